The van der Waals surface area contributed by atoms with Crippen molar-refractivity contribution in [1.29, 1.82) is 0 Å². The Balaban J connectivity index is 1.43. The monoisotopic (exact) mass is 410 g/mol. The van der Waals surface area contributed by atoms with Crippen molar-refractivity contribution < 1.29 is 9.53 Å². The third-order valence-corrected chi connectivity index (χ3v) is 7.14. The minimum Gasteiger partial charge on any atom is -0.376 e. The highest BCUT2D eigenvalue weighted by molar-refractivity contribution is 8.00. The SMILES string of the molecule is CC1CN(C2CCN(C(=O)C(Sc3ccccc3)c3ccccc3)CC2)CCO1. The van der Waals surface area contributed by atoms with Crippen LogP contribution in [0.1, 0.15) is 30.6 Å². The van der Waals surface area contributed by atoms with Gasteiger partial charge in [0.15, 0.2) is 0 Å². The summed E-state index contributed by atoms with van der Waals surface area (Å²) in [5.74, 6) is 0.235. The number of morpholine rings is 1. The number of thioether (sulfide) groups is 1. The molecule has 29 heavy (non-hydrogen) atoms. The van der Waals surface area contributed by atoms with Gasteiger partial charge in [-0.2, -0.15) is 0 Å². The second kappa shape index (κ2) is 9.79. The van der Waals surface area contributed by atoms with Gasteiger partial charge in [-0.05, 0) is 37.5 Å². The number of carbonyl (C=O) groups excluding carboxylic acids is 1. The molecule has 4 rings (SSSR count). The summed E-state index contributed by atoms with van der Waals surface area (Å²) in [5, 5.41) is -0.196. The Labute approximate surface area is 178 Å². The van der Waals surface area contributed by atoms with Crippen molar-refractivity contribution >= 4 is 17.7 Å². The number of ether oxygens (including phenoxy) is 1. The average Bonchev–Trinajstić information content (AvgIpc) is 2.78. The molecule has 0 spiro atoms. The molecule has 0 bridgehead atoms. The van der Waals surface area contributed by atoms with E-state index in [-0.39, 0.29) is 11.2 Å². The first kappa shape index (κ1) is 20.5. The Morgan fingerprint density at radius 3 is 2.31 bits per heavy atom. The van der Waals surface area contributed by atoms with Crippen molar-refractivity contribution in [3.05, 3.63) is 66.2 Å². The Morgan fingerprint density at radius 1 is 1.00 bits per heavy atom. The standard InChI is InChI=1S/C24H30N2O2S/c1-19-18-26(16-17-28-19)21-12-14-25(15-13-21)24(27)23(20-8-4-2-5-9-20)29-22-10-6-3-7-11-22/h2-11,19,21,23H,12-18H2,1H3. The molecule has 0 saturated carbocycles. The van der Waals surface area contributed by atoms with Crippen LogP contribution in [0.3, 0.4) is 0 Å². The maximum Gasteiger partial charge on any atom is 0.240 e. The van der Waals surface area contributed by atoms with E-state index in [9.17, 15) is 4.79 Å². The second-order valence-corrected chi connectivity index (χ2v) is 9.13. The molecule has 2 atom stereocenters. The average molecular weight is 411 g/mol. The zero-order valence-corrected chi connectivity index (χ0v) is 17.9. The van der Waals surface area contributed by atoms with Crippen LogP contribution in [0.2, 0.25) is 0 Å². The van der Waals surface area contributed by atoms with Gasteiger partial charge in [-0.25, -0.2) is 0 Å². The first-order valence-electron chi connectivity index (χ1n) is 10.6. The molecular formula is C24H30N2O2S. The molecule has 2 saturated heterocycles. The summed E-state index contributed by atoms with van der Waals surface area (Å²) >= 11 is 1.65. The number of carbonyl (C=O) groups is 1. The summed E-state index contributed by atoms with van der Waals surface area (Å²) < 4.78 is 5.69. The maximum absolute atomic E-state index is 13.5. The number of amides is 1. The smallest absolute Gasteiger partial charge is 0.240 e. The molecule has 2 aromatic rings. The van der Waals surface area contributed by atoms with Gasteiger partial charge in [-0.1, -0.05) is 48.5 Å². The van der Waals surface area contributed by atoms with Crippen LogP contribution in [0.5, 0.6) is 0 Å². The second-order valence-electron chi connectivity index (χ2n) is 7.95. The molecule has 2 aromatic carbocycles. The van der Waals surface area contributed by atoms with Crippen molar-refractivity contribution in [2.24, 2.45) is 0 Å². The van der Waals surface area contributed by atoms with E-state index in [4.69, 9.17) is 4.74 Å². The van der Waals surface area contributed by atoms with E-state index in [1.54, 1.807) is 11.8 Å². The van der Waals surface area contributed by atoms with Gasteiger partial charge in [0, 0.05) is 37.1 Å². The van der Waals surface area contributed by atoms with Crippen LogP contribution >= 0.6 is 11.8 Å². The van der Waals surface area contributed by atoms with Crippen molar-refractivity contribution in [2.45, 2.75) is 42.1 Å². The lowest BCUT2D eigenvalue weighted by molar-refractivity contribution is -0.132. The van der Waals surface area contributed by atoms with Crippen LogP contribution in [0.15, 0.2) is 65.6 Å². The maximum atomic E-state index is 13.5. The number of nitrogens with zero attached hydrogens (tertiary/aromatic N) is 2. The van der Waals surface area contributed by atoms with E-state index in [0.717, 1.165) is 56.1 Å². The summed E-state index contributed by atoms with van der Waals surface area (Å²) in [6, 6.07) is 21.0. The van der Waals surface area contributed by atoms with Crippen LogP contribution in [0.4, 0.5) is 0 Å². The van der Waals surface area contributed by atoms with E-state index in [1.165, 1.54) is 0 Å². The number of benzene rings is 2. The molecule has 0 aliphatic carbocycles. The van der Waals surface area contributed by atoms with Gasteiger partial charge in [-0.3, -0.25) is 9.69 Å². The third-order valence-electron chi connectivity index (χ3n) is 5.89. The topological polar surface area (TPSA) is 32.8 Å². The van der Waals surface area contributed by atoms with Crippen LogP contribution in [-0.4, -0.2) is 60.6 Å². The van der Waals surface area contributed by atoms with Crippen molar-refractivity contribution in [3.8, 4) is 0 Å². The lowest BCUT2D eigenvalue weighted by Crippen LogP contribution is -2.52. The Bertz CT molecular complexity index is 778. The molecule has 5 heteroatoms. The largest absolute Gasteiger partial charge is 0.376 e. The predicted molar refractivity (Wildman–Crippen MR) is 118 cm³/mol. The van der Waals surface area contributed by atoms with Crippen LogP contribution in [0.25, 0.3) is 0 Å². The zero-order valence-electron chi connectivity index (χ0n) is 17.1. The molecule has 1 amide bonds. The summed E-state index contributed by atoms with van der Waals surface area (Å²) in [6.45, 7) is 6.68. The Morgan fingerprint density at radius 2 is 1.66 bits per heavy atom. The lowest BCUT2D eigenvalue weighted by Gasteiger charge is -2.42. The van der Waals surface area contributed by atoms with Crippen LogP contribution in [-0.2, 0) is 9.53 Å². The lowest BCUT2D eigenvalue weighted by atomic mass is 10.0. The molecule has 2 unspecified atom stereocenters. The Hall–Kier alpha value is -1.82. The first-order valence-corrected chi connectivity index (χ1v) is 11.5. The number of rotatable bonds is 5. The molecule has 0 radical (unpaired) electrons. The normalized spacial score (nSPS) is 22.4. The van der Waals surface area contributed by atoms with Crippen molar-refractivity contribution in [3.63, 3.8) is 0 Å². The van der Waals surface area contributed by atoms with E-state index in [1.807, 2.05) is 36.4 Å². The van der Waals surface area contributed by atoms with Crippen LogP contribution < -0.4 is 0 Å². The molecule has 154 valence electrons. The first-order chi connectivity index (χ1) is 14.2. The fraction of sp³-hybridized carbons (Fsp3) is 0.458. The minimum absolute atomic E-state index is 0.196. The fourth-order valence-corrected chi connectivity index (χ4v) is 5.45. The number of hydrogen-bond acceptors (Lipinski definition) is 4. The van der Waals surface area contributed by atoms with Gasteiger partial charge < -0.3 is 9.64 Å². The highest BCUT2D eigenvalue weighted by Gasteiger charge is 2.33. The predicted octanol–water partition coefficient (Wildman–Crippen LogP) is 4.23. The minimum atomic E-state index is -0.196. The van der Waals surface area contributed by atoms with Gasteiger partial charge >= 0.3 is 0 Å². The van der Waals surface area contributed by atoms with Gasteiger partial charge in [0.1, 0.15) is 5.25 Å². The number of piperidine rings is 1. The highest BCUT2D eigenvalue weighted by atomic mass is 32.2. The van der Waals surface area contributed by atoms with E-state index >= 15 is 0 Å². The van der Waals surface area contributed by atoms with E-state index in [2.05, 4.69) is 41.0 Å². The molecule has 2 aliphatic rings. The summed E-state index contributed by atoms with van der Waals surface area (Å²) in [4.78, 5) is 19.3. The number of hydrogen-bond donors (Lipinski definition) is 0. The molecule has 0 aromatic heterocycles. The molecule has 2 heterocycles. The number of likely N-dealkylation sites (tertiary alicyclic amines) is 1. The van der Waals surface area contributed by atoms with Crippen LogP contribution in [0, 0.1) is 0 Å². The van der Waals surface area contributed by atoms with Gasteiger partial charge in [0.25, 0.3) is 0 Å². The summed E-state index contributed by atoms with van der Waals surface area (Å²) in [6.07, 6.45) is 2.42. The highest BCUT2D eigenvalue weighted by Crippen LogP contribution is 2.37. The quantitative estimate of drug-likeness (QED) is 0.691. The third kappa shape index (κ3) is 5.21. The van der Waals surface area contributed by atoms with E-state index < -0.39 is 0 Å². The van der Waals surface area contributed by atoms with E-state index in [0.29, 0.717) is 12.1 Å². The Kier molecular flexibility index (Phi) is 6.90. The molecule has 2 aliphatic heterocycles. The molecule has 2 fully saturated rings. The molecule has 0 N–H and O–H groups in total. The molecule has 4 nitrogen and oxygen atoms in total. The van der Waals surface area contributed by atoms with Gasteiger partial charge in [-0.15, -0.1) is 11.8 Å². The van der Waals surface area contributed by atoms with Crippen molar-refractivity contribution in [2.75, 3.05) is 32.8 Å². The van der Waals surface area contributed by atoms with Gasteiger partial charge in [0.2, 0.25) is 5.91 Å². The molecular weight excluding hydrogens is 380 g/mol. The van der Waals surface area contributed by atoms with Gasteiger partial charge in [0.05, 0.1) is 12.7 Å². The summed E-state index contributed by atoms with van der Waals surface area (Å²) in [7, 11) is 0. The summed E-state index contributed by atoms with van der Waals surface area (Å²) in [5.41, 5.74) is 1.08. The van der Waals surface area contributed by atoms with Crippen molar-refractivity contribution in [1.82, 2.24) is 9.80 Å². The zero-order chi connectivity index (χ0) is 20.1. The fourth-order valence-electron chi connectivity index (χ4n) is 4.32.